The van der Waals surface area contributed by atoms with Crippen LogP contribution >= 0.6 is 0 Å². The Morgan fingerprint density at radius 2 is 1.94 bits per heavy atom. The first-order chi connectivity index (χ1) is 7.61. The second kappa shape index (κ2) is 4.06. The molecule has 4 nitrogen and oxygen atoms in total. The summed E-state index contributed by atoms with van der Waals surface area (Å²) in [5.41, 5.74) is 0.887. The third kappa shape index (κ3) is 1.72. The monoisotopic (exact) mass is 219 g/mol. The smallest absolute Gasteiger partial charge is 0.259 e. The van der Waals surface area contributed by atoms with Crippen LogP contribution in [-0.4, -0.2) is 27.9 Å². The maximum Gasteiger partial charge on any atom is 0.259 e. The SMILES string of the molecule is C[C@@H](c1ccccc1)N1C(=O)C[C@@H](O)C1=O. The molecule has 1 aromatic rings. The van der Waals surface area contributed by atoms with Crippen molar-refractivity contribution in [2.75, 3.05) is 0 Å². The fraction of sp³-hybridized carbons (Fsp3) is 0.333. The Balaban J connectivity index is 2.26. The van der Waals surface area contributed by atoms with Crippen molar-refractivity contribution in [3.63, 3.8) is 0 Å². The van der Waals surface area contributed by atoms with Gasteiger partial charge in [-0.25, -0.2) is 0 Å². The van der Waals surface area contributed by atoms with Crippen molar-refractivity contribution in [1.29, 1.82) is 0 Å². The van der Waals surface area contributed by atoms with Gasteiger partial charge >= 0.3 is 0 Å². The Bertz CT molecular complexity index is 416. The number of benzene rings is 1. The Hall–Kier alpha value is -1.68. The number of carbonyl (C=O) groups is 2. The quantitative estimate of drug-likeness (QED) is 0.751. The lowest BCUT2D eigenvalue weighted by Crippen LogP contribution is -2.34. The summed E-state index contributed by atoms with van der Waals surface area (Å²) in [6.07, 6.45) is -1.27. The van der Waals surface area contributed by atoms with E-state index in [9.17, 15) is 14.7 Å². The molecule has 2 atom stereocenters. The Morgan fingerprint density at radius 1 is 1.31 bits per heavy atom. The molecule has 0 aliphatic carbocycles. The standard InChI is InChI=1S/C12H13NO3/c1-8(9-5-3-2-4-6-9)13-11(15)7-10(14)12(13)16/h2-6,8,10,14H,7H2,1H3/t8-,10+/m0/s1. The molecule has 2 amide bonds. The lowest BCUT2D eigenvalue weighted by Gasteiger charge is -2.22. The van der Waals surface area contributed by atoms with Gasteiger partial charge < -0.3 is 5.11 Å². The van der Waals surface area contributed by atoms with Crippen molar-refractivity contribution in [3.05, 3.63) is 35.9 Å². The fourth-order valence-corrected chi connectivity index (χ4v) is 1.92. The van der Waals surface area contributed by atoms with Crippen LogP contribution in [0.1, 0.15) is 24.9 Å². The molecule has 0 bridgehead atoms. The first kappa shape index (κ1) is 10.8. The van der Waals surface area contributed by atoms with E-state index in [1.807, 2.05) is 30.3 Å². The van der Waals surface area contributed by atoms with Crippen molar-refractivity contribution in [2.24, 2.45) is 0 Å². The second-order valence-corrected chi connectivity index (χ2v) is 3.91. The number of imide groups is 1. The summed E-state index contributed by atoms with van der Waals surface area (Å²) in [6, 6.07) is 8.98. The van der Waals surface area contributed by atoms with Crippen molar-refractivity contribution in [2.45, 2.75) is 25.5 Å². The summed E-state index contributed by atoms with van der Waals surface area (Å²) in [5, 5.41) is 9.32. The van der Waals surface area contributed by atoms with E-state index < -0.39 is 12.0 Å². The lowest BCUT2D eigenvalue weighted by molar-refractivity contribution is -0.143. The largest absolute Gasteiger partial charge is 0.383 e. The average Bonchev–Trinajstić information content (AvgIpc) is 2.54. The van der Waals surface area contributed by atoms with Gasteiger partial charge in [0.25, 0.3) is 5.91 Å². The zero-order valence-electron chi connectivity index (χ0n) is 8.96. The van der Waals surface area contributed by atoms with E-state index in [1.54, 1.807) is 6.92 Å². The molecule has 1 N–H and O–H groups in total. The van der Waals surface area contributed by atoms with Crippen LogP contribution in [0.4, 0.5) is 0 Å². The maximum absolute atomic E-state index is 11.6. The Kier molecular flexibility index (Phi) is 2.75. The molecule has 16 heavy (non-hydrogen) atoms. The number of amides is 2. The lowest BCUT2D eigenvalue weighted by atomic mass is 10.1. The van der Waals surface area contributed by atoms with Gasteiger partial charge in [-0.15, -0.1) is 0 Å². The third-order valence-electron chi connectivity index (χ3n) is 2.83. The van der Waals surface area contributed by atoms with Crippen molar-refractivity contribution in [3.8, 4) is 0 Å². The molecule has 84 valence electrons. The van der Waals surface area contributed by atoms with Crippen LogP contribution in [0.25, 0.3) is 0 Å². The second-order valence-electron chi connectivity index (χ2n) is 3.91. The van der Waals surface area contributed by atoms with Crippen molar-refractivity contribution in [1.82, 2.24) is 4.90 Å². The number of rotatable bonds is 2. The topological polar surface area (TPSA) is 57.6 Å². The highest BCUT2D eigenvalue weighted by atomic mass is 16.3. The molecule has 1 aromatic carbocycles. The molecular formula is C12H13NO3. The molecule has 4 heteroatoms. The molecule has 0 aromatic heterocycles. The predicted molar refractivity (Wildman–Crippen MR) is 57.3 cm³/mol. The normalized spacial score (nSPS) is 22.6. The van der Waals surface area contributed by atoms with Gasteiger partial charge in [0.15, 0.2) is 0 Å². The molecule has 1 saturated heterocycles. The molecule has 1 aliphatic heterocycles. The maximum atomic E-state index is 11.6. The van der Waals surface area contributed by atoms with Gasteiger partial charge in [0.1, 0.15) is 6.10 Å². The molecule has 0 unspecified atom stereocenters. The van der Waals surface area contributed by atoms with Gasteiger partial charge in [-0.05, 0) is 12.5 Å². The van der Waals surface area contributed by atoms with E-state index >= 15 is 0 Å². The van der Waals surface area contributed by atoms with Crippen LogP contribution < -0.4 is 0 Å². The Labute approximate surface area is 93.5 Å². The van der Waals surface area contributed by atoms with Gasteiger partial charge in [-0.3, -0.25) is 14.5 Å². The number of aliphatic hydroxyl groups is 1. The number of nitrogens with zero attached hydrogens (tertiary/aromatic N) is 1. The molecule has 1 fully saturated rings. The molecular weight excluding hydrogens is 206 g/mol. The van der Waals surface area contributed by atoms with Gasteiger partial charge in [0.05, 0.1) is 12.5 Å². The highest BCUT2D eigenvalue weighted by Crippen LogP contribution is 2.26. The minimum atomic E-state index is -1.17. The van der Waals surface area contributed by atoms with E-state index in [1.165, 1.54) is 0 Å². The summed E-state index contributed by atoms with van der Waals surface area (Å²) >= 11 is 0. The van der Waals surface area contributed by atoms with Crippen molar-refractivity contribution < 1.29 is 14.7 Å². The predicted octanol–water partition coefficient (Wildman–Crippen LogP) is 0.867. The van der Waals surface area contributed by atoms with Crippen LogP contribution in [0.2, 0.25) is 0 Å². The number of hydrogen-bond donors (Lipinski definition) is 1. The van der Waals surface area contributed by atoms with E-state index in [0.717, 1.165) is 10.5 Å². The molecule has 0 radical (unpaired) electrons. The molecule has 1 heterocycles. The van der Waals surface area contributed by atoms with Gasteiger partial charge in [-0.1, -0.05) is 30.3 Å². The number of hydrogen-bond acceptors (Lipinski definition) is 3. The molecule has 0 saturated carbocycles. The van der Waals surface area contributed by atoms with E-state index in [4.69, 9.17) is 0 Å². The molecule has 1 aliphatic rings. The van der Waals surface area contributed by atoms with E-state index in [0.29, 0.717) is 0 Å². The van der Waals surface area contributed by atoms with Crippen molar-refractivity contribution >= 4 is 11.8 Å². The average molecular weight is 219 g/mol. The minimum Gasteiger partial charge on any atom is -0.383 e. The summed E-state index contributed by atoms with van der Waals surface area (Å²) in [4.78, 5) is 24.3. The summed E-state index contributed by atoms with van der Waals surface area (Å²) in [5.74, 6) is -0.810. The fourth-order valence-electron chi connectivity index (χ4n) is 1.92. The number of likely N-dealkylation sites (tertiary alicyclic amines) is 1. The number of carbonyl (C=O) groups excluding carboxylic acids is 2. The zero-order valence-corrected chi connectivity index (χ0v) is 8.96. The van der Waals surface area contributed by atoms with Crippen LogP contribution in [0.3, 0.4) is 0 Å². The van der Waals surface area contributed by atoms with Crippen LogP contribution in [-0.2, 0) is 9.59 Å². The highest BCUT2D eigenvalue weighted by molar-refractivity contribution is 6.05. The first-order valence-electron chi connectivity index (χ1n) is 5.20. The summed E-state index contributed by atoms with van der Waals surface area (Å²) in [7, 11) is 0. The van der Waals surface area contributed by atoms with Gasteiger partial charge in [0, 0.05) is 0 Å². The molecule has 2 rings (SSSR count). The van der Waals surface area contributed by atoms with Gasteiger partial charge in [-0.2, -0.15) is 0 Å². The van der Waals surface area contributed by atoms with Crippen LogP contribution in [0.5, 0.6) is 0 Å². The van der Waals surface area contributed by atoms with E-state index in [-0.39, 0.29) is 18.4 Å². The highest BCUT2D eigenvalue weighted by Gasteiger charge is 2.40. The minimum absolute atomic E-state index is 0.101. The van der Waals surface area contributed by atoms with E-state index in [2.05, 4.69) is 0 Å². The summed E-state index contributed by atoms with van der Waals surface area (Å²) < 4.78 is 0. The summed E-state index contributed by atoms with van der Waals surface area (Å²) in [6.45, 7) is 1.78. The Morgan fingerprint density at radius 3 is 2.44 bits per heavy atom. The van der Waals surface area contributed by atoms with Crippen LogP contribution in [0, 0.1) is 0 Å². The number of aliphatic hydroxyl groups excluding tert-OH is 1. The van der Waals surface area contributed by atoms with Gasteiger partial charge in [0.2, 0.25) is 5.91 Å². The third-order valence-corrected chi connectivity index (χ3v) is 2.83. The van der Waals surface area contributed by atoms with Crippen LogP contribution in [0.15, 0.2) is 30.3 Å². The first-order valence-corrected chi connectivity index (χ1v) is 5.20. The molecule has 0 spiro atoms. The zero-order chi connectivity index (χ0) is 11.7.